The zero-order valence-electron chi connectivity index (χ0n) is 38.2. The normalized spacial score (nSPS) is 23.8. The first kappa shape index (κ1) is 45.2. The monoisotopic (exact) mass is 961 g/mol. The van der Waals surface area contributed by atoms with Gasteiger partial charge < -0.3 is 29.9 Å². The average molecular weight is 962 g/mol. The van der Waals surface area contributed by atoms with E-state index in [9.17, 15) is 27.2 Å². The Morgan fingerprint density at radius 1 is 0.884 bits per heavy atom. The molecule has 3 atom stereocenters. The number of halogens is 3. The number of ketones is 1. The fraction of sp³-hybridized carbons (Fsp3) is 0.412. The van der Waals surface area contributed by atoms with Crippen molar-refractivity contribution in [3.05, 3.63) is 119 Å². The molecule has 14 nitrogen and oxygen atoms in total. The number of H-pyrrole nitrogens is 1. The summed E-state index contributed by atoms with van der Waals surface area (Å²) in [6.07, 6.45) is 7.45. The Hall–Kier alpha value is -6.24. The lowest BCUT2D eigenvalue weighted by Crippen LogP contribution is -2.49. The number of nitrogens with one attached hydrogen (secondary N) is 3. The van der Waals surface area contributed by atoms with Gasteiger partial charge in [0.1, 0.15) is 23.7 Å². The van der Waals surface area contributed by atoms with Gasteiger partial charge in [-0.2, -0.15) is 12.7 Å². The Morgan fingerprint density at radius 2 is 1.67 bits per heavy atom. The molecule has 0 bridgehead atoms. The lowest BCUT2D eigenvalue weighted by atomic mass is 9.86. The van der Waals surface area contributed by atoms with Crippen molar-refractivity contribution in [1.29, 1.82) is 0 Å². The molecule has 3 N–H and O–H groups in total. The first-order valence-electron chi connectivity index (χ1n) is 23.9. The van der Waals surface area contributed by atoms with Crippen molar-refractivity contribution in [3.8, 4) is 11.1 Å². The van der Waals surface area contributed by atoms with Gasteiger partial charge in [0, 0.05) is 116 Å². The van der Waals surface area contributed by atoms with E-state index in [1.807, 2.05) is 18.2 Å². The number of benzene rings is 3. The number of aromatic amines is 1. The number of hydrogen-bond donors (Lipinski definition) is 3. The zero-order valence-corrected chi connectivity index (χ0v) is 39.0. The molecule has 1 spiro atoms. The summed E-state index contributed by atoms with van der Waals surface area (Å²) in [5, 5.41) is 3.17. The van der Waals surface area contributed by atoms with E-state index in [2.05, 4.69) is 65.6 Å². The van der Waals surface area contributed by atoms with Gasteiger partial charge in [-0.3, -0.25) is 19.1 Å². The van der Waals surface area contributed by atoms with Crippen LogP contribution in [0.5, 0.6) is 0 Å². The molecule has 5 fully saturated rings. The predicted octanol–water partition coefficient (Wildman–Crippen LogP) is 7.01. The van der Waals surface area contributed by atoms with Gasteiger partial charge in [-0.1, -0.05) is 18.7 Å². The molecule has 5 saturated heterocycles. The highest BCUT2D eigenvalue weighted by atomic mass is 32.2. The van der Waals surface area contributed by atoms with E-state index in [0.717, 1.165) is 104 Å². The van der Waals surface area contributed by atoms with Crippen LogP contribution in [0.15, 0.2) is 85.3 Å². The van der Waals surface area contributed by atoms with E-state index in [1.165, 1.54) is 12.6 Å². The molecule has 2 aromatic heterocycles. The van der Waals surface area contributed by atoms with E-state index < -0.39 is 51.1 Å². The number of likely N-dealkylation sites (tertiary alicyclic amines) is 1. The summed E-state index contributed by atoms with van der Waals surface area (Å²) in [6, 6.07) is 17.3. The predicted molar refractivity (Wildman–Crippen MR) is 257 cm³/mol. The Labute approximate surface area is 398 Å². The van der Waals surface area contributed by atoms with Crippen LogP contribution < -0.4 is 19.8 Å². The van der Waals surface area contributed by atoms with Gasteiger partial charge in [0.05, 0.1) is 11.3 Å². The maximum absolute atomic E-state index is 15.8. The minimum atomic E-state index is -4.35. The number of allylic oxidation sites excluding steroid dienone is 1. The highest BCUT2D eigenvalue weighted by Crippen LogP contribution is 2.43. The summed E-state index contributed by atoms with van der Waals surface area (Å²) in [7, 11) is -4.35. The second kappa shape index (κ2) is 17.6. The molecule has 2 amide bonds. The number of amides is 2. The quantitative estimate of drug-likeness (QED) is 0.119. The van der Waals surface area contributed by atoms with Crippen molar-refractivity contribution in [3.63, 3.8) is 0 Å². The van der Waals surface area contributed by atoms with Crippen LogP contribution in [0.2, 0.25) is 0 Å². The van der Waals surface area contributed by atoms with Gasteiger partial charge in [0.15, 0.2) is 5.82 Å². The van der Waals surface area contributed by atoms with E-state index in [1.54, 1.807) is 17.2 Å². The van der Waals surface area contributed by atoms with Crippen LogP contribution in [0.4, 0.5) is 30.2 Å². The maximum Gasteiger partial charge on any atom is 0.301 e. The van der Waals surface area contributed by atoms with Crippen LogP contribution in [0, 0.1) is 23.0 Å². The number of carbonyl (C=O) groups is 3. The Morgan fingerprint density at radius 3 is 2.43 bits per heavy atom. The van der Waals surface area contributed by atoms with Gasteiger partial charge in [-0.25, -0.2) is 18.2 Å². The molecule has 5 aromatic rings. The van der Waals surface area contributed by atoms with Crippen LogP contribution in [0.25, 0.3) is 22.2 Å². The van der Waals surface area contributed by atoms with E-state index >= 15 is 8.78 Å². The fourth-order valence-corrected chi connectivity index (χ4v) is 12.8. The topological polar surface area (TPSA) is 154 Å². The van der Waals surface area contributed by atoms with Crippen LogP contribution in [0.1, 0.15) is 76.8 Å². The first-order valence-corrected chi connectivity index (χ1v) is 25.3. The lowest BCUT2D eigenvalue weighted by Gasteiger charge is -2.35. The highest BCUT2D eigenvalue weighted by Gasteiger charge is 2.45. The minimum absolute atomic E-state index is 0.00814. The molecule has 11 rings (SSSR count). The summed E-state index contributed by atoms with van der Waals surface area (Å²) >= 11 is 0. The number of pyridine rings is 1. The van der Waals surface area contributed by atoms with Crippen LogP contribution >= 0.6 is 0 Å². The Kier molecular flexibility index (Phi) is 11.5. The second-order valence-corrected chi connectivity index (χ2v) is 21.5. The van der Waals surface area contributed by atoms with Gasteiger partial charge in [0.2, 0.25) is 11.7 Å². The Bertz CT molecular complexity index is 3010. The number of nitrogens with zero attached hydrogens (tertiary/aromatic N) is 6. The van der Waals surface area contributed by atoms with Crippen molar-refractivity contribution in [2.24, 2.45) is 11.3 Å². The number of anilines is 3. The smallest absolute Gasteiger partial charge is 0.301 e. The molecule has 69 heavy (non-hydrogen) atoms. The van der Waals surface area contributed by atoms with Crippen molar-refractivity contribution in [2.75, 3.05) is 73.4 Å². The third-order valence-electron chi connectivity index (χ3n) is 15.4. The number of fused-ring (bicyclic) bond motifs is 2. The summed E-state index contributed by atoms with van der Waals surface area (Å²) in [4.78, 5) is 56.5. The average Bonchev–Trinajstić information content (AvgIpc) is 4.20. The molecule has 0 saturated carbocycles. The Balaban J connectivity index is 0.686. The van der Waals surface area contributed by atoms with Crippen molar-refractivity contribution in [2.45, 2.75) is 63.7 Å². The van der Waals surface area contributed by atoms with Gasteiger partial charge in [-0.15, -0.1) is 0 Å². The number of hydrogen-bond acceptors (Lipinski definition) is 9. The highest BCUT2D eigenvalue weighted by molar-refractivity contribution is 7.90. The number of aromatic nitrogens is 2. The van der Waals surface area contributed by atoms with Crippen molar-refractivity contribution < 1.29 is 36.0 Å². The minimum Gasteiger partial charge on any atom is -0.372 e. The number of carbonyl (C=O) groups excluding carboxylic acids is 3. The van der Waals surface area contributed by atoms with Crippen LogP contribution in [-0.2, 0) is 21.5 Å². The molecular formula is C51H54F3N9O5S. The van der Waals surface area contributed by atoms with Crippen LogP contribution in [-0.4, -0.2) is 121 Å². The molecule has 3 aromatic carbocycles. The van der Waals surface area contributed by atoms with Gasteiger partial charge in [-0.05, 0) is 117 Å². The largest absolute Gasteiger partial charge is 0.372 e. The SMILES string of the molecule is C=C1CCC(N2Cc3cc(N4CCC5(CCN(CC6CCN(c7ccc(-c8cnc9[nH]cc(C(=O)c%10c(F)ccc(NS(=O)(=O)N%11CC[C@@H](F)C%11)c%10F)c9c8)cc7)CC6)C5)C4)ccc3C2=O)C(=O)N1. The summed E-state index contributed by atoms with van der Waals surface area (Å²) in [5.74, 6) is -3.13. The number of alkyl halides is 1. The number of rotatable bonds is 11. The zero-order chi connectivity index (χ0) is 47.8. The van der Waals surface area contributed by atoms with Gasteiger partial charge in [0.25, 0.3) is 5.91 Å². The molecule has 360 valence electrons. The molecule has 2 unspecified atom stereocenters. The van der Waals surface area contributed by atoms with Crippen molar-refractivity contribution >= 4 is 55.9 Å². The summed E-state index contributed by atoms with van der Waals surface area (Å²) in [6.45, 7) is 11.0. The molecular weight excluding hydrogens is 908 g/mol. The molecule has 6 aliphatic rings. The maximum atomic E-state index is 15.8. The van der Waals surface area contributed by atoms with Gasteiger partial charge >= 0.3 is 10.2 Å². The standard InChI is InChI=1S/C51H54F3N9O5S/c1-31-2-11-44(49(65)57-31)63-27-35-22-38(7-8-39(35)50(63)66)61-21-16-51(30-61)15-20-59(29-51)26-32-12-17-60(18-13-32)37-5-3-33(4-6-37)34-23-40-41(25-56-48(40)55-24-34)47(64)45-42(53)9-10-43(46(45)54)58-69(67,68)62-19-14-36(52)28-62/h3-10,22-25,32,36,44,58H,1-2,11-21,26-30H2,(H,55,56)(H,57,65)/t36-,44?,51?/m1/s1. The molecule has 8 heterocycles. The summed E-state index contributed by atoms with van der Waals surface area (Å²) < 4.78 is 73.3. The third-order valence-corrected chi connectivity index (χ3v) is 16.9. The van der Waals surface area contributed by atoms with E-state index in [4.69, 9.17) is 0 Å². The first-order chi connectivity index (χ1) is 33.2. The van der Waals surface area contributed by atoms with E-state index in [0.29, 0.717) is 53.2 Å². The lowest BCUT2D eigenvalue weighted by molar-refractivity contribution is -0.126. The van der Waals surface area contributed by atoms with Crippen molar-refractivity contribution in [1.82, 2.24) is 29.4 Å². The molecule has 18 heteroatoms. The summed E-state index contributed by atoms with van der Waals surface area (Å²) in [5.41, 5.74) is 5.22. The fourth-order valence-electron chi connectivity index (χ4n) is 11.5. The number of piperidine rings is 2. The molecule has 0 radical (unpaired) electrons. The third kappa shape index (κ3) is 8.53. The molecule has 6 aliphatic heterocycles. The van der Waals surface area contributed by atoms with Crippen LogP contribution in [0.3, 0.4) is 0 Å². The molecule has 0 aliphatic carbocycles. The van der Waals surface area contributed by atoms with E-state index in [-0.39, 0.29) is 42.3 Å². The second-order valence-electron chi connectivity index (χ2n) is 19.8.